The predicted octanol–water partition coefficient (Wildman–Crippen LogP) is 0.0250. The molecule has 7 nitrogen and oxygen atoms in total. The van der Waals surface area contributed by atoms with Crippen LogP contribution >= 0.6 is 0 Å². The fourth-order valence-corrected chi connectivity index (χ4v) is 2.38. The third-order valence-corrected chi connectivity index (χ3v) is 3.58. The summed E-state index contributed by atoms with van der Waals surface area (Å²) in [6.45, 7) is 6.43. The smallest absolute Gasteiger partial charge is 0.322 e. The molecule has 0 aromatic carbocycles. The van der Waals surface area contributed by atoms with Crippen molar-refractivity contribution >= 4 is 5.97 Å². The molecular formula is C13H23N5O2. The summed E-state index contributed by atoms with van der Waals surface area (Å²) < 4.78 is 6.92. The van der Waals surface area contributed by atoms with Gasteiger partial charge in [-0.15, -0.1) is 10.2 Å². The standard InChI is InChI=1S/C13H23N5O2/c1-3-5-14-11(13(19)20-2)4-6-17-7-8-18-10-15-16-12(18)9-17/h10-11,14H,3-9H2,1-2H3. The van der Waals surface area contributed by atoms with E-state index in [-0.39, 0.29) is 12.0 Å². The summed E-state index contributed by atoms with van der Waals surface area (Å²) in [7, 11) is 1.44. The minimum Gasteiger partial charge on any atom is -0.468 e. The number of aromatic nitrogens is 3. The summed E-state index contributed by atoms with van der Waals surface area (Å²) in [5.41, 5.74) is 0. The van der Waals surface area contributed by atoms with Gasteiger partial charge in [0.1, 0.15) is 18.2 Å². The van der Waals surface area contributed by atoms with E-state index in [9.17, 15) is 4.79 Å². The van der Waals surface area contributed by atoms with E-state index in [1.54, 1.807) is 6.33 Å². The molecular weight excluding hydrogens is 258 g/mol. The number of nitrogens with one attached hydrogen (secondary N) is 1. The molecule has 0 radical (unpaired) electrons. The molecule has 1 aromatic rings. The Bertz CT molecular complexity index is 434. The predicted molar refractivity (Wildman–Crippen MR) is 74.0 cm³/mol. The van der Waals surface area contributed by atoms with Crippen LogP contribution in [0.4, 0.5) is 0 Å². The number of ether oxygens (including phenoxy) is 1. The van der Waals surface area contributed by atoms with E-state index in [0.29, 0.717) is 0 Å². The summed E-state index contributed by atoms with van der Waals surface area (Å²) in [5, 5.41) is 11.3. The molecule has 0 fully saturated rings. The second kappa shape index (κ2) is 7.35. The first-order chi connectivity index (χ1) is 9.74. The van der Waals surface area contributed by atoms with Crippen molar-refractivity contribution in [1.82, 2.24) is 25.0 Å². The molecule has 1 aliphatic heterocycles. The number of nitrogens with zero attached hydrogens (tertiary/aromatic N) is 4. The number of methoxy groups -OCH3 is 1. The van der Waals surface area contributed by atoms with Crippen molar-refractivity contribution in [2.45, 2.75) is 38.9 Å². The van der Waals surface area contributed by atoms with Crippen LogP contribution in [0.1, 0.15) is 25.6 Å². The van der Waals surface area contributed by atoms with Gasteiger partial charge in [-0.25, -0.2) is 0 Å². The van der Waals surface area contributed by atoms with E-state index in [1.165, 1.54) is 7.11 Å². The molecule has 1 atom stereocenters. The summed E-state index contributed by atoms with van der Waals surface area (Å²) >= 11 is 0. The van der Waals surface area contributed by atoms with E-state index >= 15 is 0 Å². The van der Waals surface area contributed by atoms with Crippen molar-refractivity contribution < 1.29 is 9.53 Å². The molecule has 20 heavy (non-hydrogen) atoms. The van der Waals surface area contributed by atoms with Crippen LogP contribution < -0.4 is 5.32 Å². The molecule has 7 heteroatoms. The number of hydrogen-bond acceptors (Lipinski definition) is 6. The minimum atomic E-state index is -0.222. The van der Waals surface area contributed by atoms with Crippen LogP contribution in [-0.4, -0.2) is 58.4 Å². The van der Waals surface area contributed by atoms with Gasteiger partial charge in [0.15, 0.2) is 0 Å². The Kier molecular flexibility index (Phi) is 5.49. The monoisotopic (exact) mass is 281 g/mol. The normalized spacial score (nSPS) is 16.7. The SMILES string of the molecule is CCCNC(CCN1CCn2cnnc2C1)C(=O)OC. The lowest BCUT2D eigenvalue weighted by Gasteiger charge is -2.28. The molecule has 1 aliphatic rings. The van der Waals surface area contributed by atoms with Gasteiger partial charge in [0, 0.05) is 19.6 Å². The van der Waals surface area contributed by atoms with Crippen LogP contribution in [0.15, 0.2) is 6.33 Å². The quantitative estimate of drug-likeness (QED) is 0.711. The van der Waals surface area contributed by atoms with E-state index in [4.69, 9.17) is 4.74 Å². The fraction of sp³-hybridized carbons (Fsp3) is 0.769. The van der Waals surface area contributed by atoms with Crippen molar-refractivity contribution in [1.29, 1.82) is 0 Å². The summed E-state index contributed by atoms with van der Waals surface area (Å²) in [4.78, 5) is 14.0. The number of esters is 1. The summed E-state index contributed by atoms with van der Waals surface area (Å²) in [6.07, 6.45) is 3.52. The Hall–Kier alpha value is -1.47. The molecule has 0 amide bonds. The zero-order chi connectivity index (χ0) is 14.4. The molecule has 1 aromatic heterocycles. The number of fused-ring (bicyclic) bond motifs is 1. The van der Waals surface area contributed by atoms with Crippen molar-refractivity contribution in [2.75, 3.05) is 26.7 Å². The van der Waals surface area contributed by atoms with Gasteiger partial charge in [-0.05, 0) is 19.4 Å². The highest BCUT2D eigenvalue weighted by atomic mass is 16.5. The molecule has 2 rings (SSSR count). The van der Waals surface area contributed by atoms with Crippen LogP contribution in [0.5, 0.6) is 0 Å². The molecule has 0 saturated heterocycles. The lowest BCUT2D eigenvalue weighted by Crippen LogP contribution is -2.42. The molecule has 0 bridgehead atoms. The highest BCUT2D eigenvalue weighted by Gasteiger charge is 2.22. The van der Waals surface area contributed by atoms with Gasteiger partial charge in [-0.3, -0.25) is 9.69 Å². The average molecular weight is 281 g/mol. The molecule has 0 aliphatic carbocycles. The van der Waals surface area contributed by atoms with E-state index in [1.807, 2.05) is 0 Å². The van der Waals surface area contributed by atoms with E-state index in [2.05, 4.69) is 31.9 Å². The van der Waals surface area contributed by atoms with Crippen LogP contribution in [0.25, 0.3) is 0 Å². The number of carbonyl (C=O) groups excluding carboxylic acids is 1. The summed E-state index contributed by atoms with van der Waals surface area (Å²) in [5.74, 6) is 0.811. The Labute approximate surface area is 119 Å². The van der Waals surface area contributed by atoms with Crippen LogP contribution in [0, 0.1) is 0 Å². The summed E-state index contributed by atoms with van der Waals surface area (Å²) in [6, 6.07) is -0.222. The fourth-order valence-electron chi connectivity index (χ4n) is 2.38. The first kappa shape index (κ1) is 14.9. The maximum atomic E-state index is 11.7. The topological polar surface area (TPSA) is 72.3 Å². The van der Waals surface area contributed by atoms with E-state index in [0.717, 1.165) is 51.4 Å². The van der Waals surface area contributed by atoms with Gasteiger partial charge in [0.2, 0.25) is 0 Å². The molecule has 112 valence electrons. The number of carbonyl (C=O) groups is 1. The molecule has 1 unspecified atom stereocenters. The Morgan fingerprint density at radius 3 is 3.15 bits per heavy atom. The first-order valence-electron chi connectivity index (χ1n) is 7.14. The number of rotatable bonds is 7. The lowest BCUT2D eigenvalue weighted by molar-refractivity contribution is -0.143. The lowest BCUT2D eigenvalue weighted by atomic mass is 10.2. The highest BCUT2D eigenvalue weighted by Crippen LogP contribution is 2.10. The van der Waals surface area contributed by atoms with Crippen molar-refractivity contribution in [3.8, 4) is 0 Å². The zero-order valence-corrected chi connectivity index (χ0v) is 12.2. The number of hydrogen-bond donors (Lipinski definition) is 1. The maximum absolute atomic E-state index is 11.7. The Morgan fingerprint density at radius 2 is 2.40 bits per heavy atom. The van der Waals surface area contributed by atoms with Crippen molar-refractivity contribution in [3.63, 3.8) is 0 Å². The van der Waals surface area contributed by atoms with E-state index < -0.39 is 0 Å². The molecule has 2 heterocycles. The van der Waals surface area contributed by atoms with Crippen LogP contribution in [0.3, 0.4) is 0 Å². The Morgan fingerprint density at radius 1 is 1.55 bits per heavy atom. The van der Waals surface area contributed by atoms with Gasteiger partial charge in [0.05, 0.1) is 13.7 Å². The van der Waals surface area contributed by atoms with Crippen molar-refractivity contribution in [3.05, 3.63) is 12.2 Å². The first-order valence-corrected chi connectivity index (χ1v) is 7.14. The second-order valence-corrected chi connectivity index (χ2v) is 5.04. The second-order valence-electron chi connectivity index (χ2n) is 5.04. The Balaban J connectivity index is 1.82. The minimum absolute atomic E-state index is 0.182. The zero-order valence-electron chi connectivity index (χ0n) is 12.2. The van der Waals surface area contributed by atoms with Gasteiger partial charge >= 0.3 is 5.97 Å². The van der Waals surface area contributed by atoms with Crippen molar-refractivity contribution in [2.24, 2.45) is 0 Å². The molecule has 0 saturated carbocycles. The molecule has 1 N–H and O–H groups in total. The van der Waals surface area contributed by atoms with Crippen LogP contribution in [0.2, 0.25) is 0 Å². The average Bonchev–Trinajstić information content (AvgIpc) is 2.94. The van der Waals surface area contributed by atoms with Gasteiger partial charge < -0.3 is 14.6 Å². The maximum Gasteiger partial charge on any atom is 0.322 e. The van der Waals surface area contributed by atoms with Gasteiger partial charge in [-0.2, -0.15) is 0 Å². The van der Waals surface area contributed by atoms with Gasteiger partial charge in [-0.1, -0.05) is 6.92 Å². The third-order valence-electron chi connectivity index (χ3n) is 3.58. The third kappa shape index (κ3) is 3.77. The van der Waals surface area contributed by atoms with Crippen LogP contribution in [-0.2, 0) is 22.6 Å². The highest BCUT2D eigenvalue weighted by molar-refractivity contribution is 5.75. The van der Waals surface area contributed by atoms with Gasteiger partial charge in [0.25, 0.3) is 0 Å². The largest absolute Gasteiger partial charge is 0.468 e. The molecule has 0 spiro atoms.